The van der Waals surface area contributed by atoms with E-state index >= 15 is 0 Å². The van der Waals surface area contributed by atoms with E-state index in [4.69, 9.17) is 0 Å². The first kappa shape index (κ1) is 24.0. The zero-order valence-corrected chi connectivity index (χ0v) is 22.9. The van der Waals surface area contributed by atoms with E-state index in [9.17, 15) is 0 Å². The lowest BCUT2D eigenvalue weighted by molar-refractivity contribution is 0.391. The van der Waals surface area contributed by atoms with Gasteiger partial charge in [-0.25, -0.2) is 0 Å². The summed E-state index contributed by atoms with van der Waals surface area (Å²) >= 11 is 0. The molecule has 4 saturated heterocycles. The zero-order chi connectivity index (χ0) is 22.8. The molecule has 0 aliphatic carbocycles. The number of hydrogen-bond acceptors (Lipinski definition) is 0. The third-order valence-corrected chi connectivity index (χ3v) is 13.4. The third kappa shape index (κ3) is 5.29. The van der Waals surface area contributed by atoms with Gasteiger partial charge in [-0.05, 0) is 17.7 Å². The normalized spacial score (nSPS) is 35.4. The molecule has 0 nitrogen and oxygen atoms in total. The first-order chi connectivity index (χ1) is 16.0. The molecule has 4 aliphatic heterocycles. The number of allylic oxidation sites excluding steroid dienone is 1. The van der Waals surface area contributed by atoms with Crippen molar-refractivity contribution in [1.82, 2.24) is 0 Å². The molecule has 4 bridgehead atoms. The van der Waals surface area contributed by atoms with Crippen LogP contribution in [-0.4, -0.2) is 21.5 Å². The van der Waals surface area contributed by atoms with Crippen molar-refractivity contribution in [3.8, 4) is 0 Å². The Morgan fingerprint density at radius 2 is 1.33 bits per heavy atom. The summed E-state index contributed by atoms with van der Waals surface area (Å²) in [6.07, 6.45) is 22.0. The summed E-state index contributed by atoms with van der Waals surface area (Å²) < 4.78 is 0. The van der Waals surface area contributed by atoms with E-state index < -0.39 is 8.07 Å². The van der Waals surface area contributed by atoms with Gasteiger partial charge < -0.3 is 0 Å². The molecule has 1 aromatic carbocycles. The Labute approximate surface area is 207 Å². The van der Waals surface area contributed by atoms with Gasteiger partial charge in [-0.1, -0.05) is 156 Å². The fourth-order valence-corrected chi connectivity index (χ4v) is 12.7. The van der Waals surface area contributed by atoms with Crippen LogP contribution in [0.25, 0.3) is 0 Å². The van der Waals surface area contributed by atoms with Crippen LogP contribution in [0.3, 0.4) is 0 Å². The van der Waals surface area contributed by atoms with Crippen LogP contribution in [0.4, 0.5) is 0 Å². The van der Waals surface area contributed by atoms with Crippen LogP contribution in [0.15, 0.2) is 42.4 Å². The Kier molecular flexibility index (Phi) is 7.65. The maximum Gasteiger partial charge on any atom is 0.169 e. The fourth-order valence-electron chi connectivity index (χ4n) is 9.42. The smallest absolute Gasteiger partial charge is 0.119 e. The van der Waals surface area contributed by atoms with E-state index in [2.05, 4.69) is 62.0 Å². The second-order valence-corrected chi connectivity index (χ2v) is 18.9. The first-order valence-corrected chi connectivity index (χ1v) is 18.3. The minimum Gasteiger partial charge on any atom is -0.119 e. The van der Waals surface area contributed by atoms with Crippen LogP contribution in [0, 0.1) is 11.8 Å². The van der Waals surface area contributed by atoms with E-state index in [-0.39, 0.29) is 0 Å². The highest BCUT2D eigenvalue weighted by Crippen LogP contribution is 2.52. The summed E-state index contributed by atoms with van der Waals surface area (Å²) in [4.78, 5) is 0. The highest BCUT2D eigenvalue weighted by molar-refractivity contribution is 6.92. The van der Waals surface area contributed by atoms with Crippen LogP contribution in [-0.2, 0) is 0 Å². The minimum absolute atomic E-state index is 0.798. The van der Waals surface area contributed by atoms with Gasteiger partial charge in [0.05, 0.1) is 0 Å². The molecule has 0 N–H and O–H groups in total. The average Bonchev–Trinajstić information content (AvgIpc) is 3.18. The lowest BCUT2D eigenvalue weighted by atomic mass is 9.29. The Morgan fingerprint density at radius 1 is 0.758 bits per heavy atom. The Balaban J connectivity index is 1.41. The molecule has 5 rings (SSSR count). The molecule has 0 saturated carbocycles. The summed E-state index contributed by atoms with van der Waals surface area (Å²) in [7, 11) is -1.17. The molecule has 4 aliphatic rings. The molecule has 178 valence electrons. The van der Waals surface area contributed by atoms with Crippen LogP contribution in [0.2, 0.25) is 43.0 Å². The second kappa shape index (κ2) is 10.5. The number of hydrogen-bond donors (Lipinski definition) is 0. The van der Waals surface area contributed by atoms with Crippen molar-refractivity contribution in [1.29, 1.82) is 0 Å². The topological polar surface area (TPSA) is 0 Å². The van der Waals surface area contributed by atoms with Gasteiger partial charge >= 0.3 is 0 Å². The standard InChI is InChI=1S/C30H48B2Si/c1-33(2,3)30-26-16-9-20-28(21-10-17-26)32(30)23-11-22-31-27-18-7-14-25(15-8-19-27)29(31)24-12-5-4-6-13-24/h4-6,11-13,23,25-30H,7-10,14-22H2,1-3H3/b23-11+. The van der Waals surface area contributed by atoms with Gasteiger partial charge in [-0.2, -0.15) is 0 Å². The number of benzene rings is 1. The highest BCUT2D eigenvalue weighted by atomic mass is 28.3. The number of fused-ring (bicyclic) bond motifs is 6. The van der Waals surface area contributed by atoms with Gasteiger partial charge in [0.15, 0.2) is 13.4 Å². The van der Waals surface area contributed by atoms with Crippen molar-refractivity contribution < 1.29 is 0 Å². The van der Waals surface area contributed by atoms with Gasteiger partial charge in [0.25, 0.3) is 0 Å². The highest BCUT2D eigenvalue weighted by Gasteiger charge is 2.46. The summed E-state index contributed by atoms with van der Waals surface area (Å²) in [6.45, 7) is 9.79. The number of rotatable bonds is 5. The molecule has 0 spiro atoms. The van der Waals surface area contributed by atoms with E-state index in [0.717, 1.165) is 48.2 Å². The van der Waals surface area contributed by atoms with Crippen molar-refractivity contribution in [3.05, 3.63) is 47.9 Å². The summed E-state index contributed by atoms with van der Waals surface area (Å²) in [5.74, 6) is 7.50. The molecule has 0 amide bonds. The van der Waals surface area contributed by atoms with E-state index in [1.54, 1.807) is 5.56 Å². The van der Waals surface area contributed by atoms with Crippen molar-refractivity contribution in [2.75, 3.05) is 0 Å². The lowest BCUT2D eigenvalue weighted by Crippen LogP contribution is -2.42. The summed E-state index contributed by atoms with van der Waals surface area (Å²) in [5.41, 5.74) is 2.67. The molecule has 2 atom stereocenters. The quantitative estimate of drug-likeness (QED) is 0.386. The van der Waals surface area contributed by atoms with Crippen molar-refractivity contribution in [2.24, 2.45) is 11.8 Å². The van der Waals surface area contributed by atoms with E-state index in [0.29, 0.717) is 0 Å². The van der Waals surface area contributed by atoms with Crippen LogP contribution >= 0.6 is 0 Å². The fraction of sp³-hybridized carbons (Fsp3) is 0.733. The van der Waals surface area contributed by atoms with Crippen LogP contribution in [0.1, 0.15) is 88.4 Å². The Morgan fingerprint density at radius 3 is 1.94 bits per heavy atom. The monoisotopic (exact) mass is 458 g/mol. The predicted octanol–water partition coefficient (Wildman–Crippen LogP) is 9.35. The van der Waals surface area contributed by atoms with Gasteiger partial charge in [0, 0.05) is 8.07 Å². The van der Waals surface area contributed by atoms with Gasteiger partial charge in [0.2, 0.25) is 0 Å². The molecular formula is C30H48B2Si. The molecule has 1 aromatic rings. The molecule has 33 heavy (non-hydrogen) atoms. The predicted molar refractivity (Wildman–Crippen MR) is 152 cm³/mol. The van der Waals surface area contributed by atoms with Gasteiger partial charge in [-0.15, -0.1) is 12.1 Å². The minimum atomic E-state index is -1.17. The van der Waals surface area contributed by atoms with Gasteiger partial charge in [0.1, 0.15) is 0 Å². The van der Waals surface area contributed by atoms with Gasteiger partial charge in [-0.3, -0.25) is 0 Å². The third-order valence-electron chi connectivity index (χ3n) is 10.6. The molecule has 0 aromatic heterocycles. The van der Waals surface area contributed by atoms with Crippen LogP contribution < -0.4 is 0 Å². The molecule has 2 unspecified atom stereocenters. The molecule has 4 heterocycles. The maximum absolute atomic E-state index is 2.83. The maximum atomic E-state index is 2.83. The Bertz CT molecular complexity index is 764. The SMILES string of the molecule is C[Si](C)(C)C1B(/C=C/CB2C3CCCC(CCC3)C2c2ccccc2)C2CCCC1CCC2. The van der Waals surface area contributed by atoms with Crippen molar-refractivity contribution in [2.45, 2.75) is 126 Å². The van der Waals surface area contributed by atoms with Crippen molar-refractivity contribution in [3.63, 3.8) is 0 Å². The summed E-state index contributed by atoms with van der Waals surface area (Å²) in [5, 5.41) is 0. The molecule has 3 heteroatoms. The first-order valence-electron chi connectivity index (χ1n) is 14.7. The summed E-state index contributed by atoms with van der Waals surface area (Å²) in [6, 6.07) is 11.7. The van der Waals surface area contributed by atoms with E-state index in [1.165, 1.54) is 83.4 Å². The average molecular weight is 458 g/mol. The molecule has 0 radical (unpaired) electrons. The molecule has 4 fully saturated rings. The largest absolute Gasteiger partial charge is 0.169 e. The van der Waals surface area contributed by atoms with Crippen molar-refractivity contribution >= 4 is 21.5 Å². The zero-order valence-electron chi connectivity index (χ0n) is 21.9. The van der Waals surface area contributed by atoms with Crippen LogP contribution in [0.5, 0.6) is 0 Å². The Hall–Kier alpha value is -0.693. The molecular weight excluding hydrogens is 410 g/mol. The second-order valence-electron chi connectivity index (χ2n) is 13.5. The lowest BCUT2D eigenvalue weighted by Gasteiger charge is -2.38. The van der Waals surface area contributed by atoms with E-state index in [1.807, 2.05) is 0 Å².